The van der Waals surface area contributed by atoms with E-state index in [0.29, 0.717) is 12.5 Å². The van der Waals surface area contributed by atoms with Gasteiger partial charge < -0.3 is 9.15 Å². The normalized spacial score (nSPS) is 24.7. The molecular weight excluding hydrogens is 192 g/mol. The monoisotopic (exact) mass is 208 g/mol. The van der Waals surface area contributed by atoms with Crippen molar-refractivity contribution in [3.63, 3.8) is 0 Å². The molecule has 0 bridgehead atoms. The summed E-state index contributed by atoms with van der Waals surface area (Å²) < 4.78 is 10.5. The van der Waals surface area contributed by atoms with Crippen LogP contribution >= 0.6 is 0 Å². The summed E-state index contributed by atoms with van der Waals surface area (Å²) in [6, 6.07) is 1.95. The fraction of sp³-hybridized carbons (Fsp3) is 0.583. The highest BCUT2D eigenvalue weighted by molar-refractivity contribution is 5.78. The molecule has 0 spiro atoms. The van der Waals surface area contributed by atoms with Crippen LogP contribution in [0.4, 0.5) is 0 Å². The van der Waals surface area contributed by atoms with Crippen LogP contribution in [0.3, 0.4) is 0 Å². The van der Waals surface area contributed by atoms with Crippen LogP contribution in [0.1, 0.15) is 37.5 Å². The van der Waals surface area contributed by atoms with Gasteiger partial charge in [0.25, 0.3) is 0 Å². The van der Waals surface area contributed by atoms with Crippen molar-refractivity contribution < 1.29 is 13.9 Å². The van der Waals surface area contributed by atoms with Gasteiger partial charge in [-0.25, -0.2) is 0 Å². The zero-order valence-corrected chi connectivity index (χ0v) is 9.16. The van der Waals surface area contributed by atoms with Gasteiger partial charge >= 0.3 is 5.97 Å². The summed E-state index contributed by atoms with van der Waals surface area (Å²) >= 11 is 0. The lowest BCUT2D eigenvalue weighted by Gasteiger charge is -2.25. The highest BCUT2D eigenvalue weighted by Gasteiger charge is 2.35. The first-order valence-electron chi connectivity index (χ1n) is 5.47. The van der Waals surface area contributed by atoms with Crippen molar-refractivity contribution in [2.75, 3.05) is 6.61 Å². The SMILES string of the molecule is CCOC(=O)C1c2occc2CCC1C. The van der Waals surface area contributed by atoms with Gasteiger partial charge in [-0.1, -0.05) is 6.92 Å². The van der Waals surface area contributed by atoms with Crippen molar-refractivity contribution in [1.29, 1.82) is 0 Å². The Morgan fingerprint density at radius 3 is 3.20 bits per heavy atom. The number of aryl methyl sites for hydroxylation is 1. The van der Waals surface area contributed by atoms with E-state index >= 15 is 0 Å². The molecule has 1 aliphatic rings. The molecular formula is C12H16O3. The Morgan fingerprint density at radius 2 is 2.47 bits per heavy atom. The Kier molecular flexibility index (Phi) is 2.80. The van der Waals surface area contributed by atoms with Gasteiger partial charge in [0.2, 0.25) is 0 Å². The van der Waals surface area contributed by atoms with Gasteiger partial charge in [-0.05, 0) is 37.3 Å². The van der Waals surface area contributed by atoms with E-state index in [1.807, 2.05) is 13.0 Å². The van der Waals surface area contributed by atoms with Gasteiger partial charge in [0.05, 0.1) is 12.9 Å². The molecule has 3 nitrogen and oxygen atoms in total. The number of furan rings is 1. The zero-order chi connectivity index (χ0) is 10.8. The second-order valence-electron chi connectivity index (χ2n) is 4.06. The Bertz CT molecular complexity index is 354. The van der Waals surface area contributed by atoms with Gasteiger partial charge in [0.1, 0.15) is 11.7 Å². The van der Waals surface area contributed by atoms with Gasteiger partial charge in [-0.15, -0.1) is 0 Å². The first-order valence-corrected chi connectivity index (χ1v) is 5.47. The highest BCUT2D eigenvalue weighted by atomic mass is 16.5. The summed E-state index contributed by atoms with van der Waals surface area (Å²) in [6.45, 7) is 4.33. The maximum absolute atomic E-state index is 11.8. The van der Waals surface area contributed by atoms with E-state index in [2.05, 4.69) is 6.92 Å². The number of hydrogen-bond donors (Lipinski definition) is 0. The van der Waals surface area contributed by atoms with Gasteiger partial charge in [0, 0.05) is 0 Å². The molecule has 2 rings (SSSR count). The van der Waals surface area contributed by atoms with Crippen molar-refractivity contribution in [2.45, 2.75) is 32.6 Å². The van der Waals surface area contributed by atoms with Gasteiger partial charge in [-0.2, -0.15) is 0 Å². The summed E-state index contributed by atoms with van der Waals surface area (Å²) in [5, 5.41) is 0. The fourth-order valence-corrected chi connectivity index (χ4v) is 2.21. The summed E-state index contributed by atoms with van der Waals surface area (Å²) in [4.78, 5) is 11.8. The summed E-state index contributed by atoms with van der Waals surface area (Å²) in [6.07, 6.45) is 3.69. The lowest BCUT2D eigenvalue weighted by molar-refractivity contribution is -0.147. The van der Waals surface area contributed by atoms with Crippen molar-refractivity contribution in [3.8, 4) is 0 Å². The van der Waals surface area contributed by atoms with Crippen molar-refractivity contribution in [3.05, 3.63) is 23.7 Å². The highest BCUT2D eigenvalue weighted by Crippen LogP contribution is 2.37. The van der Waals surface area contributed by atoms with Crippen molar-refractivity contribution >= 4 is 5.97 Å². The van der Waals surface area contributed by atoms with Crippen LogP contribution in [0.5, 0.6) is 0 Å². The molecule has 2 unspecified atom stereocenters. The molecule has 15 heavy (non-hydrogen) atoms. The number of carbonyl (C=O) groups is 1. The van der Waals surface area contributed by atoms with Crippen LogP contribution in [-0.2, 0) is 16.0 Å². The van der Waals surface area contributed by atoms with Gasteiger partial charge in [-0.3, -0.25) is 4.79 Å². The molecule has 1 aromatic heterocycles. The second-order valence-corrected chi connectivity index (χ2v) is 4.06. The molecule has 0 N–H and O–H groups in total. The molecule has 3 heteroatoms. The van der Waals surface area contributed by atoms with Crippen LogP contribution in [0.15, 0.2) is 16.7 Å². The Labute approximate surface area is 89.4 Å². The molecule has 82 valence electrons. The number of rotatable bonds is 2. The topological polar surface area (TPSA) is 39.4 Å². The molecule has 0 aliphatic heterocycles. The number of ether oxygens (including phenoxy) is 1. The van der Waals surface area contributed by atoms with E-state index in [4.69, 9.17) is 9.15 Å². The van der Waals surface area contributed by atoms with Crippen LogP contribution in [-0.4, -0.2) is 12.6 Å². The molecule has 0 aromatic carbocycles. The third kappa shape index (κ3) is 1.78. The minimum Gasteiger partial charge on any atom is -0.468 e. The summed E-state index contributed by atoms with van der Waals surface area (Å²) in [5.74, 6) is 0.763. The summed E-state index contributed by atoms with van der Waals surface area (Å²) in [5.41, 5.74) is 1.16. The molecule has 2 atom stereocenters. The van der Waals surface area contributed by atoms with E-state index < -0.39 is 0 Å². The molecule has 0 radical (unpaired) electrons. The molecule has 1 aliphatic carbocycles. The lowest BCUT2D eigenvalue weighted by atomic mass is 9.80. The largest absolute Gasteiger partial charge is 0.468 e. The second kappa shape index (κ2) is 4.09. The van der Waals surface area contributed by atoms with E-state index in [-0.39, 0.29) is 11.9 Å². The fourth-order valence-electron chi connectivity index (χ4n) is 2.21. The number of fused-ring (bicyclic) bond motifs is 1. The van der Waals surface area contributed by atoms with Crippen LogP contribution in [0.2, 0.25) is 0 Å². The first-order chi connectivity index (χ1) is 7.24. The van der Waals surface area contributed by atoms with E-state index in [0.717, 1.165) is 24.2 Å². The van der Waals surface area contributed by atoms with Crippen LogP contribution in [0, 0.1) is 5.92 Å². The smallest absolute Gasteiger partial charge is 0.316 e. The standard InChI is InChI=1S/C12H16O3/c1-3-14-12(13)10-8(2)4-5-9-6-7-15-11(9)10/h6-8,10H,3-5H2,1-2H3. The summed E-state index contributed by atoms with van der Waals surface area (Å²) in [7, 11) is 0. The number of esters is 1. The average Bonchev–Trinajstić information content (AvgIpc) is 2.65. The molecule has 0 saturated carbocycles. The van der Waals surface area contributed by atoms with E-state index in [1.54, 1.807) is 6.26 Å². The van der Waals surface area contributed by atoms with Crippen LogP contribution in [0.25, 0.3) is 0 Å². The zero-order valence-electron chi connectivity index (χ0n) is 9.16. The van der Waals surface area contributed by atoms with Crippen molar-refractivity contribution in [2.24, 2.45) is 5.92 Å². The Hall–Kier alpha value is -1.25. The quantitative estimate of drug-likeness (QED) is 0.701. The van der Waals surface area contributed by atoms with E-state index in [1.165, 1.54) is 0 Å². The minimum atomic E-state index is -0.205. The van der Waals surface area contributed by atoms with Crippen molar-refractivity contribution in [1.82, 2.24) is 0 Å². The number of hydrogen-bond acceptors (Lipinski definition) is 3. The Morgan fingerprint density at radius 1 is 1.67 bits per heavy atom. The maximum atomic E-state index is 11.8. The van der Waals surface area contributed by atoms with E-state index in [9.17, 15) is 4.79 Å². The molecule has 1 aromatic rings. The van der Waals surface area contributed by atoms with Gasteiger partial charge in [0.15, 0.2) is 0 Å². The predicted octanol–water partition coefficient (Wildman–Crippen LogP) is 2.51. The third-order valence-corrected chi connectivity index (χ3v) is 3.04. The molecule has 0 fully saturated rings. The Balaban J connectivity index is 2.27. The third-order valence-electron chi connectivity index (χ3n) is 3.04. The molecule has 1 heterocycles. The average molecular weight is 208 g/mol. The maximum Gasteiger partial charge on any atom is 0.316 e. The van der Waals surface area contributed by atoms with Crippen LogP contribution < -0.4 is 0 Å². The number of carbonyl (C=O) groups excluding carboxylic acids is 1. The molecule has 0 amide bonds. The minimum absolute atomic E-state index is 0.152. The lowest BCUT2D eigenvalue weighted by Crippen LogP contribution is -2.26. The first kappa shape index (κ1) is 10.3. The predicted molar refractivity (Wildman–Crippen MR) is 55.6 cm³/mol. The molecule has 0 saturated heterocycles.